The zero-order chi connectivity index (χ0) is 23.7. The Labute approximate surface area is 189 Å². The number of carbonyl (C=O) groups is 3. The maximum atomic E-state index is 13.5. The van der Waals surface area contributed by atoms with Crippen LogP contribution < -0.4 is 22.1 Å². The highest BCUT2D eigenvalue weighted by Crippen LogP contribution is 2.35. The van der Waals surface area contributed by atoms with E-state index in [1.54, 1.807) is 12.1 Å². The van der Waals surface area contributed by atoms with E-state index in [-0.39, 0.29) is 22.4 Å². The molecule has 0 fully saturated rings. The van der Waals surface area contributed by atoms with Gasteiger partial charge in [-0.05, 0) is 47.2 Å². The van der Waals surface area contributed by atoms with Gasteiger partial charge in [0, 0.05) is 34.2 Å². The largest absolute Gasteiger partial charge is 0.343 e. The highest BCUT2D eigenvalue weighted by Gasteiger charge is 2.33. The molecule has 1 unspecified atom stereocenters. The smallest absolute Gasteiger partial charge is 0.289 e. The highest BCUT2D eigenvalue weighted by molar-refractivity contribution is 6.28. The first-order chi connectivity index (χ1) is 15.0. The van der Waals surface area contributed by atoms with Gasteiger partial charge in [-0.3, -0.25) is 20.4 Å². The van der Waals surface area contributed by atoms with Gasteiger partial charge in [0.2, 0.25) is 0 Å². The molecule has 2 aromatic rings. The quantitative estimate of drug-likeness (QED) is 0.268. The number of hydrogen-bond donors (Lipinski definition) is 4. The maximum absolute atomic E-state index is 13.5. The van der Waals surface area contributed by atoms with Gasteiger partial charge in [0.15, 0.2) is 11.6 Å². The van der Waals surface area contributed by atoms with E-state index >= 15 is 0 Å². The summed E-state index contributed by atoms with van der Waals surface area (Å²) in [6.45, 7) is 10.8. The molecule has 5 N–H and O–H groups in total. The summed E-state index contributed by atoms with van der Waals surface area (Å²) in [5.41, 5.74) is 10.6. The summed E-state index contributed by atoms with van der Waals surface area (Å²) in [5, 5.41) is 0. The molecule has 2 amide bonds. The second-order valence-electron chi connectivity index (χ2n) is 9.69. The van der Waals surface area contributed by atoms with E-state index < -0.39 is 6.03 Å². The average Bonchev–Trinajstić information content (AvgIpc) is 2.76. The molecule has 7 heteroatoms. The van der Waals surface area contributed by atoms with Gasteiger partial charge in [-0.15, -0.1) is 0 Å². The zero-order valence-corrected chi connectivity index (χ0v) is 19.4. The molecule has 2 aromatic carbocycles. The van der Waals surface area contributed by atoms with Gasteiger partial charge < -0.3 is 0 Å². The van der Waals surface area contributed by atoms with Crippen LogP contribution in [0.3, 0.4) is 0 Å². The summed E-state index contributed by atoms with van der Waals surface area (Å²) in [6.07, 6.45) is 1.72. The van der Waals surface area contributed by atoms with Crippen LogP contribution in [-0.4, -0.2) is 24.1 Å². The van der Waals surface area contributed by atoms with Crippen LogP contribution in [0.15, 0.2) is 36.4 Å². The Morgan fingerprint density at radius 2 is 1.41 bits per heavy atom. The third-order valence-electron chi connectivity index (χ3n) is 6.19. The molecule has 0 saturated carbocycles. The monoisotopic (exact) mass is 436 g/mol. The minimum Gasteiger partial charge on any atom is -0.289 e. The zero-order valence-electron chi connectivity index (χ0n) is 19.4. The van der Waals surface area contributed by atoms with Gasteiger partial charge in [-0.25, -0.2) is 16.1 Å². The molecule has 0 radical (unpaired) electrons. The number of carbonyl (C=O) groups excluding carboxylic acids is 3. The fourth-order valence-electron chi connectivity index (χ4n) is 4.23. The summed E-state index contributed by atoms with van der Waals surface area (Å²) >= 11 is 0. The molecule has 0 spiro atoms. The van der Waals surface area contributed by atoms with Crippen LogP contribution in [0.5, 0.6) is 0 Å². The second kappa shape index (κ2) is 8.84. The third-order valence-corrected chi connectivity index (χ3v) is 6.19. The average molecular weight is 437 g/mol. The van der Waals surface area contributed by atoms with E-state index in [2.05, 4.69) is 45.5 Å². The van der Waals surface area contributed by atoms with Gasteiger partial charge in [0.25, 0.3) is 0 Å². The molecule has 0 aliphatic heterocycles. The predicted octanol–water partition coefficient (Wildman–Crippen LogP) is 3.49. The number of ketones is 2. The summed E-state index contributed by atoms with van der Waals surface area (Å²) < 4.78 is 0. The van der Waals surface area contributed by atoms with E-state index in [0.717, 1.165) is 24.0 Å². The number of benzene rings is 2. The van der Waals surface area contributed by atoms with Gasteiger partial charge in [0.1, 0.15) is 0 Å². The molecular weight excluding hydrogens is 404 g/mol. The normalized spacial score (nSPS) is 14.9. The van der Waals surface area contributed by atoms with Crippen molar-refractivity contribution < 1.29 is 14.4 Å². The standard InChI is InChI=1S/C25H32N4O3/c1-6-11-25(5,14-27-29-23(32)28-26)16-8-10-18-20(13-16)22(31)19-12-15(24(2,3)4)7-9-17(19)21(18)30/h7-10,12-13,27H,6,11,14,26H2,1-5H3,(H2,28,29,32). The van der Waals surface area contributed by atoms with Gasteiger partial charge in [-0.2, -0.15) is 0 Å². The molecule has 1 aliphatic rings. The predicted molar refractivity (Wildman–Crippen MR) is 125 cm³/mol. The molecule has 0 heterocycles. The Balaban J connectivity index is 2.00. The van der Waals surface area contributed by atoms with Crippen LogP contribution in [-0.2, 0) is 10.8 Å². The highest BCUT2D eigenvalue weighted by atomic mass is 16.2. The van der Waals surface area contributed by atoms with Crippen molar-refractivity contribution in [1.29, 1.82) is 0 Å². The molecule has 3 rings (SSSR count). The molecule has 32 heavy (non-hydrogen) atoms. The number of fused-ring (bicyclic) bond motifs is 2. The Morgan fingerprint density at radius 3 is 1.94 bits per heavy atom. The van der Waals surface area contributed by atoms with Crippen molar-refractivity contribution in [2.75, 3.05) is 6.54 Å². The number of amides is 2. The lowest BCUT2D eigenvalue weighted by molar-refractivity contribution is 0.0978. The Morgan fingerprint density at radius 1 is 0.875 bits per heavy atom. The summed E-state index contributed by atoms with van der Waals surface area (Å²) in [4.78, 5) is 38.0. The number of nitrogens with one attached hydrogen (secondary N) is 3. The lowest BCUT2D eigenvalue weighted by Crippen LogP contribution is -2.50. The van der Waals surface area contributed by atoms with Crippen LogP contribution >= 0.6 is 0 Å². The Hall–Kier alpha value is -3.03. The molecule has 1 aliphatic carbocycles. The third kappa shape index (κ3) is 4.45. The lowest BCUT2D eigenvalue weighted by Gasteiger charge is -2.31. The SMILES string of the molecule is CCCC(C)(CNNC(=O)NN)c1ccc2c(c1)C(=O)c1cc(C(C)(C)C)ccc1C2=O. The minimum absolute atomic E-state index is 0.127. The molecule has 7 nitrogen and oxygen atoms in total. The Bertz CT molecular complexity index is 1070. The maximum Gasteiger partial charge on any atom is 0.343 e. The second-order valence-corrected chi connectivity index (χ2v) is 9.69. The van der Waals surface area contributed by atoms with Gasteiger partial charge in [-0.1, -0.05) is 53.2 Å². The van der Waals surface area contributed by atoms with Crippen molar-refractivity contribution in [3.8, 4) is 0 Å². The molecule has 170 valence electrons. The summed E-state index contributed by atoms with van der Waals surface area (Å²) in [5.74, 6) is 4.84. The summed E-state index contributed by atoms with van der Waals surface area (Å²) in [7, 11) is 0. The first kappa shape index (κ1) is 23.6. The van der Waals surface area contributed by atoms with Crippen molar-refractivity contribution in [2.24, 2.45) is 5.84 Å². The van der Waals surface area contributed by atoms with Crippen LogP contribution in [0.4, 0.5) is 4.79 Å². The van der Waals surface area contributed by atoms with Crippen molar-refractivity contribution in [3.05, 3.63) is 69.8 Å². The van der Waals surface area contributed by atoms with E-state index in [1.807, 2.05) is 29.7 Å². The van der Waals surface area contributed by atoms with Crippen LogP contribution in [0.1, 0.15) is 90.4 Å². The van der Waals surface area contributed by atoms with E-state index in [4.69, 9.17) is 5.84 Å². The number of rotatable bonds is 6. The fourth-order valence-corrected chi connectivity index (χ4v) is 4.23. The van der Waals surface area contributed by atoms with Crippen molar-refractivity contribution in [2.45, 2.75) is 58.3 Å². The van der Waals surface area contributed by atoms with Crippen LogP contribution in [0.25, 0.3) is 0 Å². The molecular formula is C25H32N4O3. The van der Waals surface area contributed by atoms with E-state index in [9.17, 15) is 14.4 Å². The molecule has 0 aromatic heterocycles. The fraction of sp³-hybridized carbons (Fsp3) is 0.400. The number of nitrogens with two attached hydrogens (primary N) is 1. The first-order valence-corrected chi connectivity index (χ1v) is 10.9. The van der Waals surface area contributed by atoms with Crippen molar-refractivity contribution >= 4 is 17.6 Å². The molecule has 0 bridgehead atoms. The van der Waals surface area contributed by atoms with Crippen LogP contribution in [0, 0.1) is 0 Å². The lowest BCUT2D eigenvalue weighted by atomic mass is 9.74. The van der Waals surface area contributed by atoms with E-state index in [0.29, 0.717) is 28.8 Å². The van der Waals surface area contributed by atoms with Crippen molar-refractivity contribution in [3.63, 3.8) is 0 Å². The molecule has 0 saturated heterocycles. The van der Waals surface area contributed by atoms with Crippen molar-refractivity contribution in [1.82, 2.24) is 16.3 Å². The first-order valence-electron chi connectivity index (χ1n) is 10.9. The summed E-state index contributed by atoms with van der Waals surface area (Å²) in [6, 6.07) is 10.5. The number of hydrazine groups is 2. The minimum atomic E-state index is -0.540. The van der Waals surface area contributed by atoms with Gasteiger partial charge >= 0.3 is 6.03 Å². The van der Waals surface area contributed by atoms with E-state index in [1.165, 1.54) is 0 Å². The van der Waals surface area contributed by atoms with Gasteiger partial charge in [0.05, 0.1) is 0 Å². The molecule has 1 atom stereocenters. The Kier molecular flexibility index (Phi) is 6.53. The van der Waals surface area contributed by atoms with Crippen LogP contribution in [0.2, 0.25) is 0 Å². The number of urea groups is 1. The topological polar surface area (TPSA) is 113 Å². The number of hydrogen-bond acceptors (Lipinski definition) is 5.